The van der Waals surface area contributed by atoms with Crippen LogP contribution in [0.5, 0.6) is 17.6 Å². The fourth-order valence-corrected chi connectivity index (χ4v) is 5.95. The van der Waals surface area contributed by atoms with Gasteiger partial charge in [-0.25, -0.2) is 4.39 Å². The maximum atomic E-state index is 14.7. The summed E-state index contributed by atoms with van der Waals surface area (Å²) in [5, 5.41) is 7.62. The molecule has 5 heterocycles. The number of ether oxygens (including phenoxy) is 2. The van der Waals surface area contributed by atoms with Gasteiger partial charge in [-0.2, -0.15) is 20.1 Å². The SMILES string of the molecule is C=CC(=O)N1CCN(c2nc(OC[C@@H]3CCCN3C)nc3c(Oc4c(Cl)c(F)cc5[nH]ncc45)nc(Cl)cc23)C[C@H]1C. The first-order valence-electron chi connectivity index (χ1n) is 13.6. The third kappa shape index (κ3) is 5.30. The molecule has 42 heavy (non-hydrogen) atoms. The van der Waals surface area contributed by atoms with Gasteiger partial charge in [0.1, 0.15) is 33.9 Å². The fourth-order valence-electron chi connectivity index (χ4n) is 5.57. The number of nitrogens with one attached hydrogen (secondary N) is 1. The predicted octanol–water partition coefficient (Wildman–Crippen LogP) is 4.84. The van der Waals surface area contributed by atoms with Gasteiger partial charge in [0.25, 0.3) is 0 Å². The van der Waals surface area contributed by atoms with Gasteiger partial charge in [0.15, 0.2) is 5.75 Å². The molecule has 0 saturated carbocycles. The maximum Gasteiger partial charge on any atom is 0.319 e. The Hall–Kier alpha value is -3.74. The molecule has 2 saturated heterocycles. The predicted molar refractivity (Wildman–Crippen MR) is 158 cm³/mol. The summed E-state index contributed by atoms with van der Waals surface area (Å²) < 4.78 is 27.0. The van der Waals surface area contributed by atoms with Gasteiger partial charge in [-0.3, -0.25) is 9.89 Å². The number of amides is 1. The largest absolute Gasteiger partial charge is 0.462 e. The van der Waals surface area contributed by atoms with Crippen LogP contribution in [0.3, 0.4) is 0 Å². The lowest BCUT2D eigenvalue weighted by atomic mass is 10.1. The van der Waals surface area contributed by atoms with Crippen LogP contribution in [0.2, 0.25) is 10.2 Å². The third-order valence-corrected chi connectivity index (χ3v) is 8.38. The number of likely N-dealkylation sites (N-methyl/N-ethyl adjacent to an activating group) is 1. The van der Waals surface area contributed by atoms with E-state index in [-0.39, 0.29) is 45.8 Å². The van der Waals surface area contributed by atoms with E-state index in [9.17, 15) is 9.18 Å². The molecule has 0 aliphatic carbocycles. The monoisotopic (exact) mass is 614 g/mol. The maximum absolute atomic E-state index is 14.7. The number of H-pyrrole nitrogens is 1. The molecule has 0 unspecified atom stereocenters. The summed E-state index contributed by atoms with van der Waals surface area (Å²) in [5.41, 5.74) is 0.715. The minimum atomic E-state index is -0.685. The lowest BCUT2D eigenvalue weighted by Crippen LogP contribution is -2.54. The van der Waals surface area contributed by atoms with E-state index in [0.29, 0.717) is 53.9 Å². The van der Waals surface area contributed by atoms with Gasteiger partial charge < -0.3 is 24.2 Å². The number of carbonyl (C=O) groups is 1. The number of pyridine rings is 1. The highest BCUT2D eigenvalue weighted by Gasteiger charge is 2.30. The Labute approximate surface area is 251 Å². The molecule has 6 rings (SSSR count). The number of benzene rings is 1. The number of aromatic amines is 1. The minimum absolute atomic E-state index is 0.00695. The number of halogens is 3. The lowest BCUT2D eigenvalue weighted by molar-refractivity contribution is -0.128. The molecule has 14 heteroatoms. The quantitative estimate of drug-likeness (QED) is 0.231. The van der Waals surface area contributed by atoms with Gasteiger partial charge in [0.05, 0.1) is 22.5 Å². The average molecular weight is 615 g/mol. The van der Waals surface area contributed by atoms with Crippen molar-refractivity contribution in [1.29, 1.82) is 0 Å². The van der Waals surface area contributed by atoms with Crippen molar-refractivity contribution in [1.82, 2.24) is 34.9 Å². The van der Waals surface area contributed by atoms with Gasteiger partial charge in [-0.05, 0) is 45.5 Å². The number of hydrogen-bond donors (Lipinski definition) is 1. The molecule has 2 aliphatic rings. The van der Waals surface area contributed by atoms with Crippen molar-refractivity contribution in [3.63, 3.8) is 0 Å². The number of aromatic nitrogens is 5. The van der Waals surface area contributed by atoms with Gasteiger partial charge in [0.2, 0.25) is 11.8 Å². The molecule has 0 radical (unpaired) electrons. The van der Waals surface area contributed by atoms with Crippen LogP contribution in [0.15, 0.2) is 31.0 Å². The first kappa shape index (κ1) is 28.4. The smallest absolute Gasteiger partial charge is 0.319 e. The second kappa shape index (κ2) is 11.5. The standard InChI is InChI=1S/C28H29Cl2FN8O3/c1-4-22(40)39-9-8-38(13-15(39)2)26-17-10-21(29)33-27(42-25-18-12-32-36-20(18)11-19(31)23(25)30)24(17)34-28(35-26)41-14-16-6-5-7-37(16)3/h4,10-12,15-16H,1,5-9,13-14H2,2-3H3,(H,32,36)/t15-,16+/m1/s1. The topological polar surface area (TPSA) is 113 Å². The minimum Gasteiger partial charge on any atom is -0.462 e. The lowest BCUT2D eigenvalue weighted by Gasteiger charge is -2.40. The van der Waals surface area contributed by atoms with E-state index in [0.717, 1.165) is 19.4 Å². The molecule has 2 aliphatic heterocycles. The highest BCUT2D eigenvalue weighted by atomic mass is 35.5. The zero-order chi connectivity index (χ0) is 29.5. The summed E-state index contributed by atoms with van der Waals surface area (Å²) >= 11 is 12.8. The summed E-state index contributed by atoms with van der Waals surface area (Å²) in [6.07, 6.45) is 4.91. The highest BCUT2D eigenvalue weighted by Crippen LogP contribution is 2.41. The molecule has 0 spiro atoms. The van der Waals surface area contributed by atoms with Crippen LogP contribution in [0, 0.1) is 5.82 Å². The number of nitrogens with zero attached hydrogens (tertiary/aromatic N) is 7. The van der Waals surface area contributed by atoms with Crippen molar-refractivity contribution in [2.24, 2.45) is 0 Å². The fraction of sp³-hybridized carbons (Fsp3) is 0.393. The summed E-state index contributed by atoms with van der Waals surface area (Å²) in [7, 11) is 2.07. The van der Waals surface area contributed by atoms with E-state index in [1.807, 2.05) is 6.92 Å². The molecule has 11 nitrogen and oxygen atoms in total. The molecular weight excluding hydrogens is 586 g/mol. The number of rotatable bonds is 7. The zero-order valence-electron chi connectivity index (χ0n) is 23.1. The second-order valence-electron chi connectivity index (χ2n) is 10.5. The van der Waals surface area contributed by atoms with E-state index in [1.165, 1.54) is 18.3 Å². The Morgan fingerprint density at radius 2 is 2.05 bits per heavy atom. The Kier molecular flexibility index (Phi) is 7.77. The molecule has 220 valence electrons. The summed E-state index contributed by atoms with van der Waals surface area (Å²) in [6, 6.07) is 3.16. The van der Waals surface area contributed by atoms with Crippen molar-refractivity contribution in [2.45, 2.75) is 31.8 Å². The van der Waals surface area contributed by atoms with Crippen molar-refractivity contribution >= 4 is 56.7 Å². The van der Waals surface area contributed by atoms with Gasteiger partial charge in [0, 0.05) is 37.8 Å². The van der Waals surface area contributed by atoms with Crippen LogP contribution in [0.25, 0.3) is 21.8 Å². The number of likely N-dealkylation sites (tertiary alicyclic amines) is 1. The van der Waals surface area contributed by atoms with Gasteiger partial charge in [-0.1, -0.05) is 29.8 Å². The van der Waals surface area contributed by atoms with Gasteiger partial charge in [-0.15, -0.1) is 0 Å². The van der Waals surface area contributed by atoms with Crippen LogP contribution in [-0.4, -0.2) is 92.8 Å². The Bertz CT molecular complexity index is 1680. The molecule has 1 N–H and O–H groups in total. The van der Waals surface area contributed by atoms with Crippen LogP contribution in [0.1, 0.15) is 19.8 Å². The number of fused-ring (bicyclic) bond motifs is 2. The van der Waals surface area contributed by atoms with Crippen molar-refractivity contribution in [3.8, 4) is 17.6 Å². The number of carbonyl (C=O) groups excluding carboxylic acids is 1. The number of piperazine rings is 1. The average Bonchev–Trinajstić information content (AvgIpc) is 3.61. The first-order valence-corrected chi connectivity index (χ1v) is 14.4. The molecule has 0 bridgehead atoms. The second-order valence-corrected chi connectivity index (χ2v) is 11.3. The van der Waals surface area contributed by atoms with Crippen LogP contribution in [0.4, 0.5) is 10.2 Å². The van der Waals surface area contributed by atoms with E-state index in [2.05, 4.69) is 43.6 Å². The summed E-state index contributed by atoms with van der Waals surface area (Å²) in [5.74, 6) is -0.222. The van der Waals surface area contributed by atoms with Gasteiger partial charge >= 0.3 is 6.01 Å². The molecule has 1 amide bonds. The van der Waals surface area contributed by atoms with E-state index in [1.54, 1.807) is 11.0 Å². The first-order chi connectivity index (χ1) is 20.2. The summed E-state index contributed by atoms with van der Waals surface area (Å²) in [4.78, 5) is 32.3. The molecule has 2 fully saturated rings. The molecule has 4 aromatic rings. The third-order valence-electron chi connectivity index (χ3n) is 7.83. The van der Waals surface area contributed by atoms with Crippen LogP contribution >= 0.6 is 23.2 Å². The number of hydrogen-bond acceptors (Lipinski definition) is 9. The van der Waals surface area contributed by atoms with Crippen molar-refractivity contribution < 1.29 is 18.7 Å². The summed E-state index contributed by atoms with van der Waals surface area (Å²) in [6.45, 7) is 8.47. The Morgan fingerprint density at radius 1 is 1.21 bits per heavy atom. The van der Waals surface area contributed by atoms with Crippen LogP contribution < -0.4 is 14.4 Å². The van der Waals surface area contributed by atoms with Crippen molar-refractivity contribution in [2.75, 3.05) is 44.7 Å². The highest BCUT2D eigenvalue weighted by molar-refractivity contribution is 6.33. The molecule has 1 aromatic carbocycles. The molecular formula is C28H29Cl2FN8O3. The van der Waals surface area contributed by atoms with Crippen LogP contribution in [-0.2, 0) is 4.79 Å². The van der Waals surface area contributed by atoms with E-state index in [4.69, 9.17) is 37.7 Å². The Morgan fingerprint density at radius 3 is 2.79 bits per heavy atom. The Balaban J connectivity index is 1.44. The van der Waals surface area contributed by atoms with E-state index >= 15 is 0 Å². The van der Waals surface area contributed by atoms with Crippen molar-refractivity contribution in [3.05, 3.63) is 47.0 Å². The number of anilines is 1. The van der Waals surface area contributed by atoms with E-state index < -0.39 is 5.82 Å². The molecule has 2 atom stereocenters. The molecule has 3 aromatic heterocycles. The zero-order valence-corrected chi connectivity index (χ0v) is 24.6. The normalized spacial score (nSPS) is 19.5.